The summed E-state index contributed by atoms with van der Waals surface area (Å²) in [4.78, 5) is 25.8. The van der Waals surface area contributed by atoms with Gasteiger partial charge < -0.3 is 15.7 Å². The third kappa shape index (κ3) is 8.21. The molecule has 2 amide bonds. The number of halogens is 2. The number of thiophene rings is 1. The van der Waals surface area contributed by atoms with Gasteiger partial charge in [0.15, 0.2) is 0 Å². The van der Waals surface area contributed by atoms with Crippen LogP contribution in [0.4, 0.5) is 4.39 Å². The summed E-state index contributed by atoms with van der Waals surface area (Å²) in [5, 5.41) is 16.4. The second-order valence-corrected chi connectivity index (χ2v) is 12.2. The predicted molar refractivity (Wildman–Crippen MR) is 143 cm³/mol. The summed E-state index contributed by atoms with van der Waals surface area (Å²) in [6.45, 7) is 3.61. The maximum Gasteiger partial charge on any atom is 0.262 e. The molecule has 200 valence electrons. The molecule has 37 heavy (non-hydrogen) atoms. The highest BCUT2D eigenvalue weighted by Crippen LogP contribution is 2.25. The second kappa shape index (κ2) is 12.8. The Bertz CT molecular complexity index is 1330. The van der Waals surface area contributed by atoms with Crippen molar-refractivity contribution >= 4 is 54.9 Å². The second-order valence-electron chi connectivity index (χ2n) is 8.96. The molecule has 0 aliphatic heterocycles. The van der Waals surface area contributed by atoms with E-state index in [4.69, 9.17) is 11.6 Å². The SMILES string of the molecule is CC(C)C[C@H](NC(=O)c1cc2ccccc2s1)C(=O)NCC[C@H](O)CNS(=O)(=O)c1ccc(F)cc1Cl. The number of hydrogen-bond acceptors (Lipinski definition) is 6. The van der Waals surface area contributed by atoms with Crippen LogP contribution < -0.4 is 15.4 Å². The zero-order valence-electron chi connectivity index (χ0n) is 20.3. The molecular weight excluding hydrogens is 541 g/mol. The van der Waals surface area contributed by atoms with Gasteiger partial charge in [0.1, 0.15) is 16.8 Å². The molecule has 0 saturated heterocycles. The Hall–Kier alpha value is -2.57. The Morgan fingerprint density at radius 3 is 2.54 bits per heavy atom. The molecule has 3 rings (SSSR count). The Labute approximate surface area is 224 Å². The average Bonchev–Trinajstić information content (AvgIpc) is 3.26. The molecule has 0 bridgehead atoms. The van der Waals surface area contributed by atoms with Gasteiger partial charge in [0.05, 0.1) is 16.0 Å². The quantitative estimate of drug-likeness (QED) is 0.265. The molecule has 4 N–H and O–H groups in total. The number of aliphatic hydroxyl groups excluding tert-OH is 1. The van der Waals surface area contributed by atoms with E-state index >= 15 is 0 Å². The number of rotatable bonds is 12. The van der Waals surface area contributed by atoms with Crippen LogP contribution >= 0.6 is 22.9 Å². The Morgan fingerprint density at radius 2 is 1.86 bits per heavy atom. The van der Waals surface area contributed by atoms with Crippen LogP contribution in [-0.4, -0.2) is 50.6 Å². The molecule has 0 fully saturated rings. The summed E-state index contributed by atoms with van der Waals surface area (Å²) >= 11 is 7.16. The van der Waals surface area contributed by atoms with E-state index in [0.29, 0.717) is 11.3 Å². The van der Waals surface area contributed by atoms with Crippen LogP contribution in [0, 0.1) is 11.7 Å². The van der Waals surface area contributed by atoms with Crippen molar-refractivity contribution in [3.63, 3.8) is 0 Å². The van der Waals surface area contributed by atoms with Gasteiger partial charge in [-0.2, -0.15) is 0 Å². The summed E-state index contributed by atoms with van der Waals surface area (Å²) in [5.41, 5.74) is 0. The molecule has 3 aromatic rings. The van der Waals surface area contributed by atoms with Crippen LogP contribution in [0.1, 0.15) is 36.4 Å². The number of sulfonamides is 1. The first-order valence-electron chi connectivity index (χ1n) is 11.7. The fraction of sp³-hybridized carbons (Fsp3) is 0.360. The minimum atomic E-state index is -4.06. The van der Waals surface area contributed by atoms with E-state index in [1.54, 1.807) is 6.07 Å². The number of fused-ring (bicyclic) bond motifs is 1. The lowest BCUT2D eigenvalue weighted by atomic mass is 10.0. The molecule has 0 radical (unpaired) electrons. The Kier molecular flexibility index (Phi) is 10.0. The minimum absolute atomic E-state index is 0.0596. The topological polar surface area (TPSA) is 125 Å². The molecule has 0 aliphatic rings. The minimum Gasteiger partial charge on any atom is -0.392 e. The largest absolute Gasteiger partial charge is 0.392 e. The monoisotopic (exact) mass is 569 g/mol. The molecule has 0 spiro atoms. The number of carbonyl (C=O) groups excluding carboxylic acids is 2. The zero-order chi connectivity index (χ0) is 27.2. The molecule has 1 heterocycles. The van der Waals surface area contributed by atoms with E-state index in [0.717, 1.165) is 28.3 Å². The number of hydrogen-bond donors (Lipinski definition) is 4. The van der Waals surface area contributed by atoms with Crippen molar-refractivity contribution in [1.29, 1.82) is 0 Å². The smallest absolute Gasteiger partial charge is 0.262 e. The van der Waals surface area contributed by atoms with Crippen molar-refractivity contribution in [3.05, 3.63) is 64.2 Å². The summed E-state index contributed by atoms with van der Waals surface area (Å²) in [6, 6.07) is 11.5. The van der Waals surface area contributed by atoms with E-state index in [2.05, 4.69) is 15.4 Å². The van der Waals surface area contributed by atoms with Gasteiger partial charge in [0.2, 0.25) is 15.9 Å². The first-order chi connectivity index (χ1) is 17.5. The highest BCUT2D eigenvalue weighted by Gasteiger charge is 2.24. The molecule has 2 aromatic carbocycles. The third-order valence-corrected chi connectivity index (χ3v) is 8.47. The number of aliphatic hydroxyl groups is 1. The maximum atomic E-state index is 13.2. The standard InChI is InChI=1S/C25H29ClFN3O5S2/c1-15(2)11-20(30-25(33)22-12-16-5-3-4-6-21(16)36-22)24(32)28-10-9-18(31)14-29-37(34,35)23-8-7-17(27)13-19(23)26/h3-8,12-13,15,18,20,29,31H,9-11,14H2,1-2H3,(H,28,32)(H,30,33)/t18-,20-/m0/s1. The van der Waals surface area contributed by atoms with Gasteiger partial charge in [-0.15, -0.1) is 11.3 Å². The lowest BCUT2D eigenvalue weighted by Crippen LogP contribution is -2.48. The maximum absolute atomic E-state index is 13.2. The predicted octanol–water partition coefficient (Wildman–Crippen LogP) is 3.68. The fourth-order valence-electron chi connectivity index (χ4n) is 3.59. The highest BCUT2D eigenvalue weighted by molar-refractivity contribution is 7.89. The van der Waals surface area contributed by atoms with Crippen LogP contribution in [0.25, 0.3) is 10.1 Å². The Balaban J connectivity index is 1.51. The van der Waals surface area contributed by atoms with Gasteiger partial charge in [-0.05, 0) is 54.5 Å². The van der Waals surface area contributed by atoms with Gasteiger partial charge in [-0.1, -0.05) is 43.6 Å². The van der Waals surface area contributed by atoms with E-state index in [1.165, 1.54) is 11.3 Å². The molecule has 0 unspecified atom stereocenters. The lowest BCUT2D eigenvalue weighted by molar-refractivity contribution is -0.123. The molecule has 12 heteroatoms. The van der Waals surface area contributed by atoms with E-state index in [1.807, 2.05) is 38.1 Å². The number of benzene rings is 2. The van der Waals surface area contributed by atoms with Crippen molar-refractivity contribution in [2.24, 2.45) is 5.92 Å². The van der Waals surface area contributed by atoms with Crippen molar-refractivity contribution in [1.82, 2.24) is 15.4 Å². The van der Waals surface area contributed by atoms with Gasteiger partial charge in [0, 0.05) is 17.8 Å². The summed E-state index contributed by atoms with van der Waals surface area (Å²) in [7, 11) is -4.06. The van der Waals surface area contributed by atoms with Gasteiger partial charge in [-0.3, -0.25) is 9.59 Å². The number of nitrogens with one attached hydrogen (secondary N) is 3. The van der Waals surface area contributed by atoms with E-state index < -0.39 is 33.9 Å². The third-order valence-electron chi connectivity index (χ3n) is 5.45. The van der Waals surface area contributed by atoms with Crippen LogP contribution in [0.15, 0.2) is 53.4 Å². The molecule has 2 atom stereocenters. The molecular formula is C25H29ClFN3O5S2. The number of carbonyl (C=O) groups is 2. The van der Waals surface area contributed by atoms with Gasteiger partial charge in [0.25, 0.3) is 5.91 Å². The van der Waals surface area contributed by atoms with E-state index in [9.17, 15) is 27.5 Å². The van der Waals surface area contributed by atoms with Gasteiger partial charge in [-0.25, -0.2) is 17.5 Å². The van der Waals surface area contributed by atoms with E-state index in [-0.39, 0.29) is 41.3 Å². The molecule has 0 aliphatic carbocycles. The number of amides is 2. The normalized spacial score (nSPS) is 13.5. The first kappa shape index (κ1) is 29.0. The van der Waals surface area contributed by atoms with Crippen LogP contribution in [0.2, 0.25) is 5.02 Å². The van der Waals surface area contributed by atoms with Crippen LogP contribution in [0.5, 0.6) is 0 Å². The summed E-state index contributed by atoms with van der Waals surface area (Å²) in [6.07, 6.45) is -0.626. The summed E-state index contributed by atoms with van der Waals surface area (Å²) < 4.78 is 41.1. The Morgan fingerprint density at radius 1 is 1.14 bits per heavy atom. The van der Waals surface area contributed by atoms with Crippen molar-refractivity contribution < 1.29 is 27.5 Å². The van der Waals surface area contributed by atoms with Gasteiger partial charge >= 0.3 is 0 Å². The van der Waals surface area contributed by atoms with Crippen molar-refractivity contribution in [2.75, 3.05) is 13.1 Å². The zero-order valence-corrected chi connectivity index (χ0v) is 22.7. The first-order valence-corrected chi connectivity index (χ1v) is 14.3. The average molecular weight is 570 g/mol. The van der Waals surface area contributed by atoms with Crippen LogP contribution in [0.3, 0.4) is 0 Å². The molecule has 8 nitrogen and oxygen atoms in total. The summed E-state index contributed by atoms with van der Waals surface area (Å²) in [5.74, 6) is -1.27. The van der Waals surface area contributed by atoms with Crippen molar-refractivity contribution in [2.45, 2.75) is 43.7 Å². The molecule has 0 saturated carbocycles. The highest BCUT2D eigenvalue weighted by atomic mass is 35.5. The van der Waals surface area contributed by atoms with Crippen molar-refractivity contribution in [3.8, 4) is 0 Å². The molecule has 1 aromatic heterocycles. The van der Waals surface area contributed by atoms with Crippen LogP contribution in [-0.2, 0) is 14.8 Å². The fourth-order valence-corrected chi connectivity index (χ4v) is 6.16. The lowest BCUT2D eigenvalue weighted by Gasteiger charge is -2.20.